The van der Waals surface area contributed by atoms with Gasteiger partial charge in [-0.15, -0.1) is 0 Å². The second kappa shape index (κ2) is 7.14. The van der Waals surface area contributed by atoms with Crippen molar-refractivity contribution in [3.8, 4) is 0 Å². The molecule has 1 heterocycles. The van der Waals surface area contributed by atoms with Gasteiger partial charge in [0, 0.05) is 29.0 Å². The smallest absolute Gasteiger partial charge is 0.196 e. The summed E-state index contributed by atoms with van der Waals surface area (Å²) in [6.45, 7) is 3.15. The molecule has 3 rings (SSSR count). The van der Waals surface area contributed by atoms with Crippen LogP contribution in [-0.4, -0.2) is 10.4 Å². The second-order valence-electron chi connectivity index (χ2n) is 5.82. The number of aryl methyl sites for hydroxylation is 1. The Balaban J connectivity index is 1.93. The maximum absolute atomic E-state index is 13.0. The van der Waals surface area contributed by atoms with Gasteiger partial charge < -0.3 is 4.57 Å². The summed E-state index contributed by atoms with van der Waals surface area (Å²) in [5.41, 5.74) is 1.49. The molecule has 23 heavy (non-hydrogen) atoms. The van der Waals surface area contributed by atoms with Crippen LogP contribution in [0.2, 0.25) is 0 Å². The van der Waals surface area contributed by atoms with E-state index >= 15 is 0 Å². The molecule has 0 fully saturated rings. The zero-order chi connectivity index (χ0) is 16.2. The van der Waals surface area contributed by atoms with Crippen molar-refractivity contribution in [2.24, 2.45) is 0 Å². The summed E-state index contributed by atoms with van der Waals surface area (Å²) in [5, 5.41) is 2.10. The largest absolute Gasteiger partial charge is 0.352 e. The van der Waals surface area contributed by atoms with Gasteiger partial charge in [-0.25, -0.2) is 0 Å². The second-order valence-corrected chi connectivity index (χ2v) is 6.67. The standard InChI is InChI=1S/C20H20BrNO/c1-2-3-6-12-22-13-18(19(21)14-22)20(23)17-11-7-9-15-8-4-5-10-16(15)17/h4-5,7-11,13-14H,2-3,6,12H2,1H3. The third kappa shape index (κ3) is 3.40. The topological polar surface area (TPSA) is 22.0 Å². The van der Waals surface area contributed by atoms with Gasteiger partial charge in [0.25, 0.3) is 0 Å². The van der Waals surface area contributed by atoms with E-state index in [-0.39, 0.29) is 5.78 Å². The Kier molecular flexibility index (Phi) is 4.97. The zero-order valence-corrected chi connectivity index (χ0v) is 14.8. The number of rotatable bonds is 6. The van der Waals surface area contributed by atoms with E-state index in [2.05, 4.69) is 27.4 Å². The number of unbranched alkanes of at least 4 members (excludes halogenated alkanes) is 2. The third-order valence-electron chi connectivity index (χ3n) is 4.13. The van der Waals surface area contributed by atoms with Crippen molar-refractivity contribution in [2.45, 2.75) is 32.7 Å². The Morgan fingerprint density at radius 3 is 2.61 bits per heavy atom. The Morgan fingerprint density at radius 2 is 1.78 bits per heavy atom. The van der Waals surface area contributed by atoms with Gasteiger partial charge in [-0.1, -0.05) is 62.2 Å². The van der Waals surface area contributed by atoms with Crippen LogP contribution in [0.3, 0.4) is 0 Å². The highest BCUT2D eigenvalue weighted by Crippen LogP contribution is 2.26. The van der Waals surface area contributed by atoms with Gasteiger partial charge in [0.15, 0.2) is 5.78 Å². The molecule has 0 aliphatic rings. The Hall–Kier alpha value is -1.87. The van der Waals surface area contributed by atoms with E-state index in [1.165, 1.54) is 12.8 Å². The highest BCUT2D eigenvalue weighted by atomic mass is 79.9. The van der Waals surface area contributed by atoms with Crippen molar-refractivity contribution in [2.75, 3.05) is 0 Å². The normalized spacial score (nSPS) is 11.0. The van der Waals surface area contributed by atoms with E-state index in [1.807, 2.05) is 54.9 Å². The maximum atomic E-state index is 13.0. The lowest BCUT2D eigenvalue weighted by Crippen LogP contribution is -2.02. The number of fused-ring (bicyclic) bond motifs is 1. The lowest BCUT2D eigenvalue weighted by Gasteiger charge is -2.05. The summed E-state index contributed by atoms with van der Waals surface area (Å²) in [6, 6.07) is 13.9. The number of carbonyl (C=O) groups is 1. The van der Waals surface area contributed by atoms with Gasteiger partial charge >= 0.3 is 0 Å². The molecule has 0 aliphatic heterocycles. The number of halogens is 1. The van der Waals surface area contributed by atoms with Crippen molar-refractivity contribution < 1.29 is 4.79 Å². The van der Waals surface area contributed by atoms with Gasteiger partial charge in [0.2, 0.25) is 0 Å². The monoisotopic (exact) mass is 369 g/mol. The minimum atomic E-state index is 0.0721. The molecule has 0 N–H and O–H groups in total. The Bertz CT molecular complexity index is 829. The summed E-state index contributed by atoms with van der Waals surface area (Å²) >= 11 is 3.55. The third-order valence-corrected chi connectivity index (χ3v) is 4.76. The number of hydrogen-bond acceptors (Lipinski definition) is 1. The SMILES string of the molecule is CCCCCn1cc(Br)c(C(=O)c2cccc3ccccc23)c1. The van der Waals surface area contributed by atoms with Gasteiger partial charge in [-0.2, -0.15) is 0 Å². The number of hydrogen-bond donors (Lipinski definition) is 0. The van der Waals surface area contributed by atoms with Crippen LogP contribution in [-0.2, 0) is 6.54 Å². The highest BCUT2D eigenvalue weighted by Gasteiger charge is 2.17. The molecule has 0 saturated heterocycles. The predicted molar refractivity (Wildman–Crippen MR) is 99.0 cm³/mol. The Labute approximate surface area is 145 Å². The average Bonchev–Trinajstić information content (AvgIpc) is 2.95. The summed E-state index contributed by atoms with van der Waals surface area (Å²) in [6.07, 6.45) is 7.52. The lowest BCUT2D eigenvalue weighted by atomic mass is 9.99. The molecule has 1 aromatic heterocycles. The van der Waals surface area contributed by atoms with Gasteiger partial charge in [-0.3, -0.25) is 4.79 Å². The van der Waals surface area contributed by atoms with E-state index in [1.54, 1.807) is 0 Å². The summed E-state index contributed by atoms with van der Waals surface area (Å²) < 4.78 is 2.98. The summed E-state index contributed by atoms with van der Waals surface area (Å²) in [4.78, 5) is 13.0. The molecule has 0 radical (unpaired) electrons. The van der Waals surface area contributed by atoms with Gasteiger partial charge in [0.05, 0.1) is 5.56 Å². The highest BCUT2D eigenvalue weighted by molar-refractivity contribution is 9.10. The fraction of sp³-hybridized carbons (Fsp3) is 0.250. The van der Waals surface area contributed by atoms with E-state index in [0.717, 1.165) is 39.3 Å². The molecule has 0 atom stereocenters. The first-order valence-corrected chi connectivity index (χ1v) is 8.87. The molecule has 3 aromatic rings. The molecule has 0 saturated carbocycles. The molecule has 0 spiro atoms. The first-order valence-electron chi connectivity index (χ1n) is 8.08. The Morgan fingerprint density at radius 1 is 1.00 bits per heavy atom. The van der Waals surface area contributed by atoms with E-state index in [9.17, 15) is 4.79 Å². The number of aromatic nitrogens is 1. The van der Waals surface area contributed by atoms with Crippen LogP contribution in [0.5, 0.6) is 0 Å². The van der Waals surface area contributed by atoms with Gasteiger partial charge in [-0.05, 0) is 33.1 Å². The van der Waals surface area contributed by atoms with Crippen molar-refractivity contribution >= 4 is 32.5 Å². The molecule has 0 bridgehead atoms. The van der Waals surface area contributed by atoms with Crippen LogP contribution in [0.25, 0.3) is 10.8 Å². The van der Waals surface area contributed by atoms with Crippen LogP contribution in [0.15, 0.2) is 59.3 Å². The average molecular weight is 370 g/mol. The first kappa shape index (κ1) is 16.0. The maximum Gasteiger partial charge on any atom is 0.196 e. The molecular weight excluding hydrogens is 350 g/mol. The predicted octanol–water partition coefficient (Wildman–Crippen LogP) is 5.83. The first-order chi connectivity index (χ1) is 11.2. The molecule has 2 aromatic carbocycles. The number of carbonyl (C=O) groups excluding carboxylic acids is 1. The molecule has 118 valence electrons. The molecule has 2 nitrogen and oxygen atoms in total. The minimum absolute atomic E-state index is 0.0721. The number of ketones is 1. The molecule has 0 unspecified atom stereocenters. The van der Waals surface area contributed by atoms with Crippen LogP contribution >= 0.6 is 15.9 Å². The fourth-order valence-electron chi connectivity index (χ4n) is 2.89. The van der Waals surface area contributed by atoms with Crippen molar-refractivity contribution in [1.82, 2.24) is 4.57 Å². The van der Waals surface area contributed by atoms with Crippen molar-refractivity contribution in [3.63, 3.8) is 0 Å². The van der Waals surface area contributed by atoms with Crippen molar-refractivity contribution in [1.29, 1.82) is 0 Å². The van der Waals surface area contributed by atoms with Crippen LogP contribution in [0.4, 0.5) is 0 Å². The van der Waals surface area contributed by atoms with Crippen molar-refractivity contribution in [3.05, 3.63) is 70.5 Å². The molecule has 0 aliphatic carbocycles. The number of nitrogens with zero attached hydrogens (tertiary/aromatic N) is 1. The minimum Gasteiger partial charge on any atom is -0.352 e. The van der Waals surface area contributed by atoms with E-state index in [0.29, 0.717) is 0 Å². The van der Waals surface area contributed by atoms with E-state index < -0.39 is 0 Å². The van der Waals surface area contributed by atoms with Crippen LogP contribution in [0.1, 0.15) is 42.1 Å². The summed E-state index contributed by atoms with van der Waals surface area (Å²) in [5.74, 6) is 0.0721. The molecular formula is C20H20BrNO. The fourth-order valence-corrected chi connectivity index (χ4v) is 3.43. The molecule has 0 amide bonds. The molecule has 3 heteroatoms. The van der Waals surface area contributed by atoms with E-state index in [4.69, 9.17) is 0 Å². The van der Waals surface area contributed by atoms with Crippen LogP contribution < -0.4 is 0 Å². The number of benzene rings is 2. The van der Waals surface area contributed by atoms with Gasteiger partial charge in [0.1, 0.15) is 0 Å². The summed E-state index contributed by atoms with van der Waals surface area (Å²) in [7, 11) is 0. The zero-order valence-electron chi connectivity index (χ0n) is 13.3. The van der Waals surface area contributed by atoms with Crippen LogP contribution in [0, 0.1) is 0 Å². The quantitative estimate of drug-likeness (QED) is 0.396. The lowest BCUT2D eigenvalue weighted by molar-refractivity contribution is 0.103.